The minimum Gasteiger partial charge on any atom is -0.497 e. The number of ether oxygens (including phenoxy) is 2. The van der Waals surface area contributed by atoms with E-state index in [1.165, 1.54) is 0 Å². The Morgan fingerprint density at radius 1 is 0.789 bits per heavy atom. The Hall–Kier alpha value is -1.84. The molecule has 3 heteroatoms. The summed E-state index contributed by atoms with van der Waals surface area (Å²) in [6.07, 6.45) is 0. The molecule has 0 fully saturated rings. The van der Waals surface area contributed by atoms with Gasteiger partial charge in [-0.15, -0.1) is 0 Å². The quantitative estimate of drug-likeness (QED) is 0.865. The highest BCUT2D eigenvalue weighted by Gasteiger charge is 1.97. The van der Waals surface area contributed by atoms with Crippen LogP contribution >= 0.6 is 0 Å². The third-order valence-electron chi connectivity index (χ3n) is 2.96. The predicted octanol–water partition coefficient (Wildman–Crippen LogP) is 2.87. The van der Waals surface area contributed by atoms with Gasteiger partial charge in [0.2, 0.25) is 0 Å². The first-order chi connectivity index (χ1) is 9.31. The van der Waals surface area contributed by atoms with Crippen molar-refractivity contribution in [2.45, 2.75) is 19.8 Å². The largest absolute Gasteiger partial charge is 0.497 e. The summed E-state index contributed by atoms with van der Waals surface area (Å²) in [5.74, 6) is 0.862. The molecular weight excluding hydrogens is 238 g/mol. The minimum absolute atomic E-state index is 0.576. The third kappa shape index (κ3) is 4.09. The Bertz CT molecular complexity index is 444. The lowest BCUT2D eigenvalue weighted by molar-refractivity contribution is 0.107. The topological polar surface area (TPSA) is 44.5 Å². The van der Waals surface area contributed by atoms with E-state index in [9.17, 15) is 0 Å². The molecule has 2 N–H and O–H groups in total. The highest BCUT2D eigenvalue weighted by molar-refractivity contribution is 5.26. The van der Waals surface area contributed by atoms with Crippen LogP contribution in [0.25, 0.3) is 0 Å². The summed E-state index contributed by atoms with van der Waals surface area (Å²) in [4.78, 5) is 0. The molecule has 0 amide bonds. The molecule has 2 aromatic rings. The molecule has 0 radical (unpaired) electrons. The molecule has 2 rings (SSSR count). The fraction of sp³-hybridized carbons (Fsp3) is 0.250. The summed E-state index contributed by atoms with van der Waals surface area (Å²) < 4.78 is 10.8. The van der Waals surface area contributed by atoms with Gasteiger partial charge in [0.05, 0.1) is 20.3 Å². The summed E-state index contributed by atoms with van der Waals surface area (Å²) >= 11 is 0. The number of hydrogen-bond acceptors (Lipinski definition) is 3. The SMILES string of the molecule is COc1ccc(COCc2ccc(CN)cc2)cc1. The van der Waals surface area contributed by atoms with Gasteiger partial charge in [-0.05, 0) is 28.8 Å². The van der Waals surface area contributed by atoms with Crippen molar-refractivity contribution >= 4 is 0 Å². The van der Waals surface area contributed by atoms with E-state index >= 15 is 0 Å². The summed E-state index contributed by atoms with van der Waals surface area (Å²) in [5.41, 5.74) is 8.99. The molecule has 0 atom stereocenters. The van der Waals surface area contributed by atoms with Crippen LogP contribution < -0.4 is 10.5 Å². The Morgan fingerprint density at radius 3 is 1.74 bits per heavy atom. The van der Waals surface area contributed by atoms with Crippen LogP contribution in [0.15, 0.2) is 48.5 Å². The number of methoxy groups -OCH3 is 1. The van der Waals surface area contributed by atoms with Crippen LogP contribution in [0.5, 0.6) is 5.75 Å². The van der Waals surface area contributed by atoms with Gasteiger partial charge in [0.15, 0.2) is 0 Å². The van der Waals surface area contributed by atoms with Crippen LogP contribution in [-0.2, 0) is 24.5 Å². The van der Waals surface area contributed by atoms with E-state index in [-0.39, 0.29) is 0 Å². The molecule has 0 aliphatic rings. The summed E-state index contributed by atoms with van der Waals surface area (Å²) in [5, 5.41) is 0. The number of benzene rings is 2. The van der Waals surface area contributed by atoms with Crippen LogP contribution in [0, 0.1) is 0 Å². The van der Waals surface area contributed by atoms with E-state index in [4.69, 9.17) is 15.2 Å². The maximum Gasteiger partial charge on any atom is 0.118 e. The van der Waals surface area contributed by atoms with Gasteiger partial charge in [-0.3, -0.25) is 0 Å². The van der Waals surface area contributed by atoms with Gasteiger partial charge >= 0.3 is 0 Å². The number of hydrogen-bond donors (Lipinski definition) is 1. The van der Waals surface area contributed by atoms with Gasteiger partial charge in [0.1, 0.15) is 5.75 Å². The lowest BCUT2D eigenvalue weighted by Crippen LogP contribution is -1.97. The van der Waals surface area contributed by atoms with E-state index in [1.54, 1.807) is 7.11 Å². The van der Waals surface area contributed by atoms with Crippen molar-refractivity contribution in [2.75, 3.05) is 7.11 Å². The first kappa shape index (κ1) is 13.6. The van der Waals surface area contributed by atoms with E-state index in [2.05, 4.69) is 12.1 Å². The number of nitrogens with two attached hydrogens (primary N) is 1. The summed E-state index contributed by atoms with van der Waals surface area (Å²) in [7, 11) is 1.66. The molecule has 0 saturated heterocycles. The van der Waals surface area contributed by atoms with Gasteiger partial charge in [-0.2, -0.15) is 0 Å². The van der Waals surface area contributed by atoms with Crippen molar-refractivity contribution in [3.8, 4) is 5.75 Å². The number of rotatable bonds is 6. The molecule has 19 heavy (non-hydrogen) atoms. The fourth-order valence-corrected chi connectivity index (χ4v) is 1.78. The average molecular weight is 257 g/mol. The molecule has 0 aliphatic carbocycles. The maximum atomic E-state index is 5.68. The molecule has 0 unspecified atom stereocenters. The van der Waals surface area contributed by atoms with Crippen molar-refractivity contribution in [1.29, 1.82) is 0 Å². The normalized spacial score (nSPS) is 10.4. The second-order valence-corrected chi connectivity index (χ2v) is 4.36. The van der Waals surface area contributed by atoms with Crippen molar-refractivity contribution < 1.29 is 9.47 Å². The van der Waals surface area contributed by atoms with Crippen LogP contribution in [0.3, 0.4) is 0 Å². The van der Waals surface area contributed by atoms with E-state index < -0.39 is 0 Å². The van der Waals surface area contributed by atoms with Gasteiger partial charge in [-0.1, -0.05) is 36.4 Å². The average Bonchev–Trinajstić information content (AvgIpc) is 2.49. The zero-order chi connectivity index (χ0) is 13.5. The minimum atomic E-state index is 0.576. The Labute approximate surface area is 114 Å². The molecule has 0 heterocycles. The molecule has 3 nitrogen and oxygen atoms in total. The monoisotopic (exact) mass is 257 g/mol. The standard InChI is InChI=1S/C16H19NO2/c1-18-16-8-6-15(7-9-16)12-19-11-14-4-2-13(10-17)3-5-14/h2-9H,10-12,17H2,1H3. The molecule has 0 aliphatic heterocycles. The lowest BCUT2D eigenvalue weighted by Gasteiger charge is -2.06. The van der Waals surface area contributed by atoms with Crippen molar-refractivity contribution in [3.05, 3.63) is 65.2 Å². The molecule has 0 saturated carbocycles. The van der Waals surface area contributed by atoms with Gasteiger partial charge in [-0.25, -0.2) is 0 Å². The second-order valence-electron chi connectivity index (χ2n) is 4.36. The smallest absolute Gasteiger partial charge is 0.118 e. The molecule has 0 spiro atoms. The van der Waals surface area contributed by atoms with Gasteiger partial charge < -0.3 is 15.2 Å². The lowest BCUT2D eigenvalue weighted by atomic mass is 10.1. The van der Waals surface area contributed by atoms with Gasteiger partial charge in [0, 0.05) is 6.54 Å². The Kier molecular flexibility index (Phi) is 4.95. The first-order valence-electron chi connectivity index (χ1n) is 6.30. The fourth-order valence-electron chi connectivity index (χ4n) is 1.78. The molecule has 100 valence electrons. The van der Waals surface area contributed by atoms with Crippen molar-refractivity contribution in [3.63, 3.8) is 0 Å². The van der Waals surface area contributed by atoms with Gasteiger partial charge in [0.25, 0.3) is 0 Å². The molecule has 0 aromatic heterocycles. The maximum absolute atomic E-state index is 5.68. The van der Waals surface area contributed by atoms with E-state index in [0.29, 0.717) is 19.8 Å². The molecule has 0 bridgehead atoms. The zero-order valence-corrected chi connectivity index (χ0v) is 11.1. The molecular formula is C16H19NO2. The predicted molar refractivity (Wildman–Crippen MR) is 75.8 cm³/mol. The summed E-state index contributed by atoms with van der Waals surface area (Å²) in [6, 6.07) is 16.1. The van der Waals surface area contributed by atoms with E-state index in [1.807, 2.05) is 36.4 Å². The van der Waals surface area contributed by atoms with E-state index in [0.717, 1.165) is 22.4 Å². The Balaban J connectivity index is 1.81. The van der Waals surface area contributed by atoms with Crippen LogP contribution in [0.1, 0.15) is 16.7 Å². The molecule has 2 aromatic carbocycles. The third-order valence-corrected chi connectivity index (χ3v) is 2.96. The first-order valence-corrected chi connectivity index (χ1v) is 6.30. The zero-order valence-electron chi connectivity index (χ0n) is 11.1. The van der Waals surface area contributed by atoms with Crippen molar-refractivity contribution in [2.24, 2.45) is 5.73 Å². The summed E-state index contributed by atoms with van der Waals surface area (Å²) in [6.45, 7) is 1.78. The van der Waals surface area contributed by atoms with Crippen LogP contribution in [-0.4, -0.2) is 7.11 Å². The van der Waals surface area contributed by atoms with Crippen molar-refractivity contribution in [1.82, 2.24) is 0 Å². The van der Waals surface area contributed by atoms with Crippen LogP contribution in [0.2, 0.25) is 0 Å². The second kappa shape index (κ2) is 6.92. The highest BCUT2D eigenvalue weighted by atomic mass is 16.5. The Morgan fingerprint density at radius 2 is 1.26 bits per heavy atom. The van der Waals surface area contributed by atoms with Crippen LogP contribution in [0.4, 0.5) is 0 Å². The highest BCUT2D eigenvalue weighted by Crippen LogP contribution is 2.13.